The largest absolute Gasteiger partial charge is 0.472 e. The maximum absolute atomic E-state index is 12.7. The number of rotatable bonds is 53. The van der Waals surface area contributed by atoms with Crippen LogP contribution in [0.15, 0.2) is 24.3 Å². The van der Waals surface area contributed by atoms with Crippen molar-refractivity contribution >= 4 is 19.8 Å². The predicted octanol–water partition coefficient (Wildman–Crippen LogP) is 17.1. The summed E-state index contributed by atoms with van der Waals surface area (Å²) in [6, 6.07) is 0. The molecule has 0 aromatic rings. The molecule has 0 aliphatic rings. The lowest BCUT2D eigenvalue weighted by Crippen LogP contribution is -2.29. The molecule has 0 aromatic heterocycles. The highest BCUT2D eigenvalue weighted by Crippen LogP contribution is 2.43. The zero-order chi connectivity index (χ0) is 47.4. The number of hydrogen-bond donors (Lipinski definition) is 2. The molecule has 0 aliphatic carbocycles. The molecule has 0 radical (unpaired) electrons. The number of allylic oxidation sites excluding steroid dienone is 4. The van der Waals surface area contributed by atoms with Gasteiger partial charge in [-0.1, -0.05) is 237 Å². The Morgan fingerprint density at radius 2 is 0.769 bits per heavy atom. The summed E-state index contributed by atoms with van der Waals surface area (Å²) in [4.78, 5) is 35.1. The maximum atomic E-state index is 12.7. The summed E-state index contributed by atoms with van der Waals surface area (Å²) < 4.78 is 33.0. The fraction of sp³-hybridized carbons (Fsp3) is 0.891. The molecule has 0 fully saturated rings. The first-order valence-electron chi connectivity index (χ1n) is 27.8. The molecule has 0 amide bonds. The van der Waals surface area contributed by atoms with Crippen LogP contribution in [0, 0.1) is 0 Å². The number of esters is 2. The molecular formula is C55H106NO8P. The Bertz CT molecular complexity index is 1120. The second-order valence-electron chi connectivity index (χ2n) is 18.8. The van der Waals surface area contributed by atoms with Gasteiger partial charge in [-0.05, 0) is 57.8 Å². The van der Waals surface area contributed by atoms with Gasteiger partial charge in [0, 0.05) is 19.4 Å². The van der Waals surface area contributed by atoms with Gasteiger partial charge in [-0.15, -0.1) is 0 Å². The Kier molecular flexibility index (Phi) is 50.7. The van der Waals surface area contributed by atoms with Crippen LogP contribution in [0.25, 0.3) is 0 Å². The van der Waals surface area contributed by atoms with Gasteiger partial charge in [0.1, 0.15) is 6.61 Å². The summed E-state index contributed by atoms with van der Waals surface area (Å²) >= 11 is 0. The molecule has 0 spiro atoms. The first-order valence-corrected chi connectivity index (χ1v) is 29.3. The molecule has 10 heteroatoms. The number of carbonyl (C=O) groups excluding carboxylic acids is 2. The number of unbranched alkanes of at least 4 members (excludes halogenated alkanes) is 36. The molecule has 65 heavy (non-hydrogen) atoms. The lowest BCUT2D eigenvalue weighted by Gasteiger charge is -2.19. The number of phosphoric acid groups is 1. The molecule has 0 bridgehead atoms. The molecule has 2 atom stereocenters. The van der Waals surface area contributed by atoms with E-state index in [1.165, 1.54) is 218 Å². The summed E-state index contributed by atoms with van der Waals surface area (Å²) in [5.41, 5.74) is 5.37. The average molecular weight is 940 g/mol. The SMILES string of the molecule is CCCCCCCC/C=C/CCCCCCCCCCCCCC(=O)OC[C@H](COP(=O)(O)OCCN)OC(=O)CCC/C=C/CCCCCCCCCCCCCCCCCCCC. The van der Waals surface area contributed by atoms with Crippen molar-refractivity contribution < 1.29 is 37.6 Å². The summed E-state index contributed by atoms with van der Waals surface area (Å²) in [5, 5.41) is 0. The second kappa shape index (κ2) is 51.9. The van der Waals surface area contributed by atoms with Crippen LogP contribution in [0.1, 0.15) is 284 Å². The van der Waals surface area contributed by atoms with E-state index in [2.05, 4.69) is 38.2 Å². The Labute approximate surface area is 402 Å². The third-order valence-electron chi connectivity index (χ3n) is 12.3. The number of carbonyl (C=O) groups is 2. The van der Waals surface area contributed by atoms with Crippen LogP contribution < -0.4 is 5.73 Å². The van der Waals surface area contributed by atoms with E-state index in [4.69, 9.17) is 24.3 Å². The molecule has 0 saturated heterocycles. The normalized spacial score (nSPS) is 13.2. The van der Waals surface area contributed by atoms with Crippen molar-refractivity contribution in [3.05, 3.63) is 24.3 Å². The van der Waals surface area contributed by atoms with Crippen molar-refractivity contribution in [1.29, 1.82) is 0 Å². The highest BCUT2D eigenvalue weighted by atomic mass is 31.2. The van der Waals surface area contributed by atoms with Gasteiger partial charge in [0.2, 0.25) is 0 Å². The van der Waals surface area contributed by atoms with Gasteiger partial charge in [-0.25, -0.2) is 4.57 Å². The lowest BCUT2D eigenvalue weighted by molar-refractivity contribution is -0.161. The second-order valence-corrected chi connectivity index (χ2v) is 20.3. The van der Waals surface area contributed by atoms with E-state index < -0.39 is 26.5 Å². The molecule has 384 valence electrons. The van der Waals surface area contributed by atoms with Crippen LogP contribution in [0.4, 0.5) is 0 Å². The van der Waals surface area contributed by atoms with Gasteiger partial charge in [-0.3, -0.25) is 18.6 Å². The monoisotopic (exact) mass is 940 g/mol. The summed E-state index contributed by atoms with van der Waals surface area (Å²) in [7, 11) is -4.39. The van der Waals surface area contributed by atoms with Crippen molar-refractivity contribution in [1.82, 2.24) is 0 Å². The molecule has 0 heterocycles. The Morgan fingerprint density at radius 3 is 1.14 bits per heavy atom. The van der Waals surface area contributed by atoms with Gasteiger partial charge in [0.25, 0.3) is 0 Å². The van der Waals surface area contributed by atoms with E-state index in [0.717, 1.165) is 32.1 Å². The minimum Gasteiger partial charge on any atom is -0.462 e. The Morgan fingerprint density at radius 1 is 0.446 bits per heavy atom. The van der Waals surface area contributed by atoms with Crippen molar-refractivity contribution in [2.45, 2.75) is 290 Å². The molecule has 0 saturated carbocycles. The van der Waals surface area contributed by atoms with Crippen molar-refractivity contribution in [2.75, 3.05) is 26.4 Å². The molecule has 0 aliphatic heterocycles. The molecular weight excluding hydrogens is 834 g/mol. The quantitative estimate of drug-likeness (QED) is 0.0264. The van der Waals surface area contributed by atoms with Gasteiger partial charge < -0.3 is 20.1 Å². The van der Waals surface area contributed by atoms with Gasteiger partial charge in [0.15, 0.2) is 6.10 Å². The van der Waals surface area contributed by atoms with Crippen molar-refractivity contribution in [3.8, 4) is 0 Å². The van der Waals surface area contributed by atoms with Crippen LogP contribution in [0.3, 0.4) is 0 Å². The molecule has 0 aromatic carbocycles. The summed E-state index contributed by atoms with van der Waals surface area (Å²) in [5.74, 6) is -0.852. The molecule has 0 rings (SSSR count). The average Bonchev–Trinajstić information content (AvgIpc) is 3.30. The topological polar surface area (TPSA) is 134 Å². The smallest absolute Gasteiger partial charge is 0.462 e. The maximum Gasteiger partial charge on any atom is 0.472 e. The minimum atomic E-state index is -4.39. The Hall–Kier alpha value is -1.51. The molecule has 9 nitrogen and oxygen atoms in total. The zero-order valence-electron chi connectivity index (χ0n) is 42.7. The van der Waals surface area contributed by atoms with E-state index >= 15 is 0 Å². The van der Waals surface area contributed by atoms with E-state index in [0.29, 0.717) is 6.42 Å². The van der Waals surface area contributed by atoms with Crippen LogP contribution in [-0.2, 0) is 32.7 Å². The van der Waals surface area contributed by atoms with E-state index in [9.17, 15) is 19.0 Å². The summed E-state index contributed by atoms with van der Waals surface area (Å²) in [6.07, 6.45) is 59.5. The number of ether oxygens (including phenoxy) is 2. The fourth-order valence-corrected chi connectivity index (χ4v) is 8.93. The zero-order valence-corrected chi connectivity index (χ0v) is 43.6. The minimum absolute atomic E-state index is 0.0514. The lowest BCUT2D eigenvalue weighted by atomic mass is 10.0. The third-order valence-corrected chi connectivity index (χ3v) is 13.3. The highest BCUT2D eigenvalue weighted by molar-refractivity contribution is 7.47. The highest BCUT2D eigenvalue weighted by Gasteiger charge is 2.26. The van der Waals surface area contributed by atoms with Crippen molar-refractivity contribution in [2.24, 2.45) is 5.73 Å². The van der Waals surface area contributed by atoms with Gasteiger partial charge in [0.05, 0.1) is 13.2 Å². The van der Waals surface area contributed by atoms with Crippen LogP contribution in [0.2, 0.25) is 0 Å². The number of phosphoric ester groups is 1. The van der Waals surface area contributed by atoms with Crippen LogP contribution in [-0.4, -0.2) is 49.3 Å². The predicted molar refractivity (Wildman–Crippen MR) is 275 cm³/mol. The Balaban J connectivity index is 4.00. The number of nitrogens with two attached hydrogens (primary N) is 1. The van der Waals surface area contributed by atoms with E-state index in [1.807, 2.05) is 0 Å². The molecule has 1 unspecified atom stereocenters. The van der Waals surface area contributed by atoms with Gasteiger partial charge in [-0.2, -0.15) is 0 Å². The first-order chi connectivity index (χ1) is 31.8. The van der Waals surface area contributed by atoms with E-state index in [1.54, 1.807) is 0 Å². The fourth-order valence-electron chi connectivity index (χ4n) is 8.17. The van der Waals surface area contributed by atoms with Crippen LogP contribution in [0.5, 0.6) is 0 Å². The number of hydrogen-bond acceptors (Lipinski definition) is 8. The van der Waals surface area contributed by atoms with Crippen molar-refractivity contribution in [3.63, 3.8) is 0 Å². The summed E-state index contributed by atoms with van der Waals surface area (Å²) in [6.45, 7) is 3.76. The van der Waals surface area contributed by atoms with E-state index in [-0.39, 0.29) is 38.6 Å². The standard InChI is InChI=1S/C55H106NO8P/c1-3-5-7-9-11-13-15-17-19-21-23-25-26-28-30-32-34-36-38-40-42-44-46-48-55(58)64-53(52-63-65(59,60)62-50-49-56)51-61-54(57)47-45-43-41-39-37-35-33-31-29-27-24-22-20-18-16-14-12-10-8-6-4-2/h18,20,40,42,53H,3-17,19,21-39,41,43-52,56H2,1-2H3,(H,59,60)/b20-18+,42-40+/t53-/m1/s1. The molecule has 3 N–H and O–H groups in total. The third kappa shape index (κ3) is 51.7. The first kappa shape index (κ1) is 63.5. The van der Waals surface area contributed by atoms with Crippen LogP contribution >= 0.6 is 7.82 Å². The van der Waals surface area contributed by atoms with Gasteiger partial charge >= 0.3 is 19.8 Å².